The van der Waals surface area contributed by atoms with E-state index in [2.05, 4.69) is 9.97 Å². The number of esters is 1. The number of fused-ring (bicyclic) bond motifs is 3. The number of carbonyl (C=O) groups is 1. The summed E-state index contributed by atoms with van der Waals surface area (Å²) in [5, 5.41) is 0. The number of hydrogen-bond acceptors (Lipinski definition) is 4. The summed E-state index contributed by atoms with van der Waals surface area (Å²) >= 11 is 0. The maximum Gasteiger partial charge on any atom is 0.339 e. The van der Waals surface area contributed by atoms with Crippen LogP contribution in [0.1, 0.15) is 53.3 Å². The van der Waals surface area contributed by atoms with Crippen LogP contribution in [0.5, 0.6) is 0 Å². The van der Waals surface area contributed by atoms with Gasteiger partial charge in [0.25, 0.3) is 0 Å². The fraction of sp³-hybridized carbons (Fsp3) is 0.240. The van der Waals surface area contributed by atoms with Crippen LogP contribution in [0.25, 0.3) is 22.2 Å². The molecule has 0 amide bonds. The van der Waals surface area contributed by atoms with Crippen molar-refractivity contribution in [3.05, 3.63) is 83.7 Å². The maximum atomic E-state index is 13.6. The zero-order chi connectivity index (χ0) is 21.0. The molecule has 4 aromatic rings. The molecule has 31 heavy (non-hydrogen) atoms. The molecule has 5 nitrogen and oxygen atoms in total. The highest BCUT2D eigenvalue weighted by atomic mass is 19.1. The number of carbonyl (C=O) groups excluding carboxylic acids is 1. The normalized spacial score (nSPS) is 22.6. The number of benzene rings is 2. The molecule has 1 saturated carbocycles. The molecule has 1 aliphatic carbocycles. The summed E-state index contributed by atoms with van der Waals surface area (Å²) in [4.78, 5) is 24.8. The SMILES string of the molecule is O=C1O[C@]2(CC[C@@H](c3nc4cc(-c5cccc(F)c5)ccc4[nH]3)CC2)c2cnccc21. The number of nitrogens with zero attached hydrogens (tertiary/aromatic N) is 2. The average Bonchev–Trinajstić information content (AvgIpc) is 3.33. The van der Waals surface area contributed by atoms with E-state index in [1.807, 2.05) is 24.3 Å². The van der Waals surface area contributed by atoms with E-state index in [0.29, 0.717) is 5.56 Å². The number of aromatic nitrogens is 3. The Balaban J connectivity index is 1.26. The lowest BCUT2D eigenvalue weighted by Gasteiger charge is -2.35. The molecule has 154 valence electrons. The zero-order valence-corrected chi connectivity index (χ0v) is 16.8. The minimum absolute atomic E-state index is 0.246. The van der Waals surface area contributed by atoms with Crippen molar-refractivity contribution < 1.29 is 13.9 Å². The third-order valence-corrected chi connectivity index (χ3v) is 6.66. The first-order valence-electron chi connectivity index (χ1n) is 10.5. The largest absolute Gasteiger partial charge is 0.450 e. The Morgan fingerprint density at radius 1 is 1.06 bits per heavy atom. The fourth-order valence-electron chi connectivity index (χ4n) is 5.02. The first-order valence-corrected chi connectivity index (χ1v) is 10.5. The summed E-state index contributed by atoms with van der Waals surface area (Å²) in [5.74, 6) is 0.734. The molecule has 0 unspecified atom stereocenters. The van der Waals surface area contributed by atoms with Crippen molar-refractivity contribution in [2.75, 3.05) is 0 Å². The van der Waals surface area contributed by atoms with E-state index in [9.17, 15) is 9.18 Å². The van der Waals surface area contributed by atoms with Gasteiger partial charge in [-0.3, -0.25) is 4.98 Å². The lowest BCUT2D eigenvalue weighted by molar-refractivity contribution is -0.0313. The van der Waals surface area contributed by atoms with E-state index in [4.69, 9.17) is 9.72 Å². The molecule has 2 aromatic heterocycles. The summed E-state index contributed by atoms with van der Waals surface area (Å²) < 4.78 is 19.4. The molecule has 2 aromatic carbocycles. The second-order valence-corrected chi connectivity index (χ2v) is 8.44. The first-order chi connectivity index (χ1) is 15.1. The van der Waals surface area contributed by atoms with Gasteiger partial charge in [0.2, 0.25) is 0 Å². The molecule has 0 saturated heterocycles. The van der Waals surface area contributed by atoms with Gasteiger partial charge in [0.05, 0.1) is 16.6 Å². The number of ether oxygens (including phenoxy) is 1. The molecule has 0 bridgehead atoms. The second-order valence-electron chi connectivity index (χ2n) is 8.44. The lowest BCUT2D eigenvalue weighted by atomic mass is 9.75. The summed E-state index contributed by atoms with van der Waals surface area (Å²) in [7, 11) is 0. The van der Waals surface area contributed by atoms with Crippen molar-refractivity contribution in [3.63, 3.8) is 0 Å². The van der Waals surface area contributed by atoms with Crippen molar-refractivity contribution in [1.82, 2.24) is 15.0 Å². The molecule has 0 radical (unpaired) electrons. The van der Waals surface area contributed by atoms with Crippen LogP contribution in [0.2, 0.25) is 0 Å². The van der Waals surface area contributed by atoms with Gasteiger partial charge in [-0.05, 0) is 67.1 Å². The number of pyridine rings is 1. The lowest BCUT2D eigenvalue weighted by Crippen LogP contribution is -2.31. The van der Waals surface area contributed by atoms with E-state index in [0.717, 1.165) is 59.2 Å². The van der Waals surface area contributed by atoms with Crippen LogP contribution in [0.15, 0.2) is 60.9 Å². The number of hydrogen-bond donors (Lipinski definition) is 1. The number of halogens is 1. The summed E-state index contributed by atoms with van der Waals surface area (Å²) in [5.41, 5.74) is 4.63. The summed E-state index contributed by atoms with van der Waals surface area (Å²) in [6.07, 6.45) is 6.67. The minimum Gasteiger partial charge on any atom is -0.450 e. The molecule has 3 heterocycles. The van der Waals surface area contributed by atoms with Crippen LogP contribution in [0, 0.1) is 5.82 Å². The molecule has 1 spiro atoms. The monoisotopic (exact) mass is 413 g/mol. The third kappa shape index (κ3) is 2.93. The van der Waals surface area contributed by atoms with Crippen molar-refractivity contribution in [2.45, 2.75) is 37.2 Å². The Morgan fingerprint density at radius 3 is 2.74 bits per heavy atom. The Kier molecular flexibility index (Phi) is 3.96. The van der Waals surface area contributed by atoms with Crippen LogP contribution in [-0.4, -0.2) is 20.9 Å². The van der Waals surface area contributed by atoms with E-state index in [1.165, 1.54) is 12.1 Å². The van der Waals surface area contributed by atoms with Gasteiger partial charge in [0.1, 0.15) is 17.2 Å². The Labute approximate surface area is 178 Å². The maximum absolute atomic E-state index is 13.6. The Hall–Kier alpha value is -3.54. The van der Waals surface area contributed by atoms with E-state index < -0.39 is 5.60 Å². The standard InChI is InChI=1S/C25H20FN3O2/c26-18-3-1-2-16(12-18)17-4-5-21-22(13-17)29-23(28-21)15-6-9-25(10-7-15)20-14-27-11-8-19(20)24(30)31-25/h1-5,8,11-15H,6-7,9-10H2,(H,28,29)/t15-,25+. The van der Waals surface area contributed by atoms with Gasteiger partial charge in [-0.1, -0.05) is 18.2 Å². The van der Waals surface area contributed by atoms with Gasteiger partial charge in [-0.15, -0.1) is 0 Å². The highest BCUT2D eigenvalue weighted by molar-refractivity contribution is 5.94. The fourth-order valence-corrected chi connectivity index (χ4v) is 5.02. The van der Waals surface area contributed by atoms with E-state index >= 15 is 0 Å². The molecule has 6 rings (SSSR count). The highest BCUT2D eigenvalue weighted by Crippen LogP contribution is 2.49. The number of rotatable bonds is 2. The first kappa shape index (κ1) is 18.2. The third-order valence-electron chi connectivity index (χ3n) is 6.66. The smallest absolute Gasteiger partial charge is 0.339 e. The number of aromatic amines is 1. The summed E-state index contributed by atoms with van der Waals surface area (Å²) in [6, 6.07) is 14.3. The molecular weight excluding hydrogens is 393 g/mol. The molecule has 1 fully saturated rings. The van der Waals surface area contributed by atoms with E-state index in [1.54, 1.807) is 24.5 Å². The van der Waals surface area contributed by atoms with Gasteiger partial charge < -0.3 is 9.72 Å². The van der Waals surface area contributed by atoms with Crippen LogP contribution in [-0.2, 0) is 10.3 Å². The number of nitrogens with one attached hydrogen (secondary N) is 1. The zero-order valence-electron chi connectivity index (χ0n) is 16.8. The van der Waals surface area contributed by atoms with Crippen molar-refractivity contribution in [1.29, 1.82) is 0 Å². The molecule has 1 N–H and O–H groups in total. The topological polar surface area (TPSA) is 67.9 Å². The van der Waals surface area contributed by atoms with Crippen LogP contribution in [0.4, 0.5) is 4.39 Å². The molecule has 0 atom stereocenters. The predicted molar refractivity (Wildman–Crippen MR) is 114 cm³/mol. The van der Waals surface area contributed by atoms with Crippen molar-refractivity contribution in [3.8, 4) is 11.1 Å². The molecule has 6 heteroatoms. The van der Waals surface area contributed by atoms with Gasteiger partial charge >= 0.3 is 5.97 Å². The average molecular weight is 413 g/mol. The Bertz CT molecular complexity index is 1320. The Morgan fingerprint density at radius 2 is 1.90 bits per heavy atom. The predicted octanol–water partition coefficient (Wildman–Crippen LogP) is 5.49. The molecule has 1 aliphatic heterocycles. The minimum atomic E-state index is -0.548. The molecule has 2 aliphatic rings. The molecular formula is C25H20FN3O2. The van der Waals surface area contributed by atoms with Gasteiger partial charge in [0.15, 0.2) is 0 Å². The van der Waals surface area contributed by atoms with Crippen molar-refractivity contribution in [2.24, 2.45) is 0 Å². The van der Waals surface area contributed by atoms with Crippen LogP contribution >= 0.6 is 0 Å². The second kappa shape index (κ2) is 6.74. The van der Waals surface area contributed by atoms with Gasteiger partial charge in [-0.2, -0.15) is 0 Å². The van der Waals surface area contributed by atoms with Gasteiger partial charge in [-0.25, -0.2) is 14.2 Å². The number of imidazole rings is 1. The van der Waals surface area contributed by atoms with Crippen molar-refractivity contribution >= 4 is 17.0 Å². The summed E-state index contributed by atoms with van der Waals surface area (Å²) in [6.45, 7) is 0. The number of H-pyrrole nitrogens is 1. The van der Waals surface area contributed by atoms with Crippen LogP contribution in [0.3, 0.4) is 0 Å². The quantitative estimate of drug-likeness (QED) is 0.442. The highest BCUT2D eigenvalue weighted by Gasteiger charge is 2.48. The van der Waals surface area contributed by atoms with Gasteiger partial charge in [0, 0.05) is 23.9 Å². The van der Waals surface area contributed by atoms with Crippen LogP contribution < -0.4 is 0 Å². The van der Waals surface area contributed by atoms with E-state index in [-0.39, 0.29) is 17.7 Å².